The van der Waals surface area contributed by atoms with Crippen molar-refractivity contribution in [3.05, 3.63) is 23.4 Å². The van der Waals surface area contributed by atoms with Crippen LogP contribution in [0.25, 0.3) is 0 Å². The molecule has 3 heteroatoms. The molecule has 0 aromatic heterocycles. The van der Waals surface area contributed by atoms with Crippen molar-refractivity contribution in [1.29, 1.82) is 0 Å². The summed E-state index contributed by atoms with van der Waals surface area (Å²) in [6.45, 7) is 2.44. The first kappa shape index (κ1) is 8.51. The topological polar surface area (TPSA) is 46.3 Å². The molecule has 2 N–H and O–H groups in total. The number of allylic oxidation sites excluding steroid dienone is 1. The van der Waals surface area contributed by atoms with Crippen LogP contribution in [0.3, 0.4) is 0 Å². The van der Waals surface area contributed by atoms with E-state index in [1.165, 1.54) is 5.57 Å². The minimum Gasteiger partial charge on any atom is -0.324 e. The number of carbonyl (C=O) groups excluding carboxylic acids is 1. The van der Waals surface area contributed by atoms with Crippen LogP contribution < -0.4 is 5.73 Å². The summed E-state index contributed by atoms with van der Waals surface area (Å²) in [6.07, 6.45) is 5.86. The highest BCUT2D eigenvalue weighted by molar-refractivity contribution is 5.77. The third-order valence-electron chi connectivity index (χ3n) is 2.65. The van der Waals surface area contributed by atoms with Gasteiger partial charge >= 0.3 is 0 Å². The number of nitrogens with zero attached hydrogens (tertiary/aromatic N) is 1. The molecule has 0 fully saturated rings. The normalized spacial score (nSPS) is 26.6. The lowest BCUT2D eigenvalue weighted by Gasteiger charge is -2.19. The lowest BCUT2D eigenvalue weighted by atomic mass is 9.99. The minimum atomic E-state index is 0.130. The average Bonchev–Trinajstić information content (AvgIpc) is 2.46. The van der Waals surface area contributed by atoms with Crippen LogP contribution in [0.4, 0.5) is 0 Å². The van der Waals surface area contributed by atoms with E-state index >= 15 is 0 Å². The first-order valence-electron chi connectivity index (χ1n) is 4.62. The van der Waals surface area contributed by atoms with E-state index in [0.29, 0.717) is 0 Å². The highest BCUT2D eigenvalue weighted by atomic mass is 16.2. The van der Waals surface area contributed by atoms with E-state index in [0.717, 1.165) is 25.1 Å². The van der Waals surface area contributed by atoms with Gasteiger partial charge in [0.25, 0.3) is 0 Å². The summed E-state index contributed by atoms with van der Waals surface area (Å²) < 4.78 is 0. The van der Waals surface area contributed by atoms with Gasteiger partial charge in [0.2, 0.25) is 5.91 Å². The summed E-state index contributed by atoms with van der Waals surface area (Å²) >= 11 is 0. The van der Waals surface area contributed by atoms with Crippen molar-refractivity contribution >= 4 is 5.91 Å². The van der Waals surface area contributed by atoms with Crippen LogP contribution in [0.5, 0.6) is 0 Å². The first-order chi connectivity index (χ1) is 6.18. The van der Waals surface area contributed by atoms with Gasteiger partial charge in [-0.25, -0.2) is 0 Å². The van der Waals surface area contributed by atoms with Crippen LogP contribution in [0.1, 0.15) is 19.8 Å². The average molecular weight is 178 g/mol. The summed E-state index contributed by atoms with van der Waals surface area (Å²) in [5.41, 5.74) is 8.22. The molecule has 0 aromatic carbocycles. The van der Waals surface area contributed by atoms with Gasteiger partial charge in [0.15, 0.2) is 0 Å². The Balaban J connectivity index is 2.25. The Hall–Kier alpha value is -1.09. The molecule has 1 heterocycles. The summed E-state index contributed by atoms with van der Waals surface area (Å²) in [7, 11) is 0. The van der Waals surface area contributed by atoms with Crippen molar-refractivity contribution in [3.8, 4) is 0 Å². The molecule has 70 valence electrons. The molecule has 1 unspecified atom stereocenters. The highest BCUT2D eigenvalue weighted by Gasteiger charge is 2.26. The third-order valence-corrected chi connectivity index (χ3v) is 2.65. The summed E-state index contributed by atoms with van der Waals surface area (Å²) in [5, 5.41) is 0. The van der Waals surface area contributed by atoms with E-state index in [-0.39, 0.29) is 11.9 Å². The van der Waals surface area contributed by atoms with Gasteiger partial charge in [-0.1, -0.05) is 6.08 Å². The van der Waals surface area contributed by atoms with Gasteiger partial charge in [-0.3, -0.25) is 4.79 Å². The molecule has 0 spiro atoms. The van der Waals surface area contributed by atoms with Crippen LogP contribution in [0, 0.1) is 0 Å². The summed E-state index contributed by atoms with van der Waals surface area (Å²) in [5.74, 6) is 0.130. The molecule has 2 rings (SSSR count). The largest absolute Gasteiger partial charge is 0.324 e. The molecular weight excluding hydrogens is 164 g/mol. The molecule has 0 aromatic rings. The monoisotopic (exact) mass is 178 g/mol. The summed E-state index contributed by atoms with van der Waals surface area (Å²) in [6, 6.07) is 0.144. The van der Waals surface area contributed by atoms with Crippen molar-refractivity contribution in [1.82, 2.24) is 4.90 Å². The molecule has 13 heavy (non-hydrogen) atoms. The maximum atomic E-state index is 11.2. The molecule has 1 aliphatic heterocycles. The van der Waals surface area contributed by atoms with E-state index in [4.69, 9.17) is 5.73 Å². The van der Waals surface area contributed by atoms with Crippen LogP contribution in [-0.4, -0.2) is 23.4 Å². The number of hydrogen-bond donors (Lipinski definition) is 1. The van der Waals surface area contributed by atoms with Crippen LogP contribution in [0.15, 0.2) is 23.4 Å². The van der Waals surface area contributed by atoms with Crippen LogP contribution in [0.2, 0.25) is 0 Å². The second kappa shape index (κ2) is 3.00. The lowest BCUT2D eigenvalue weighted by Crippen LogP contribution is -2.26. The fraction of sp³-hybridized carbons (Fsp3) is 0.500. The molecule has 0 bridgehead atoms. The first-order valence-corrected chi connectivity index (χ1v) is 4.62. The van der Waals surface area contributed by atoms with Gasteiger partial charge in [-0.05, 0) is 24.5 Å². The Morgan fingerprint density at radius 1 is 1.69 bits per heavy atom. The van der Waals surface area contributed by atoms with Crippen molar-refractivity contribution in [2.24, 2.45) is 5.73 Å². The minimum absolute atomic E-state index is 0.130. The van der Waals surface area contributed by atoms with Gasteiger partial charge in [0.05, 0.1) is 0 Å². The Morgan fingerprint density at radius 2 is 2.46 bits per heavy atom. The predicted molar refractivity (Wildman–Crippen MR) is 50.8 cm³/mol. The summed E-state index contributed by atoms with van der Waals surface area (Å²) in [4.78, 5) is 13.0. The van der Waals surface area contributed by atoms with Crippen molar-refractivity contribution in [2.45, 2.75) is 25.8 Å². The fourth-order valence-electron chi connectivity index (χ4n) is 1.99. The Labute approximate surface area is 77.9 Å². The molecule has 1 atom stereocenters. The SMILES string of the molecule is CC(=O)N1CCC2=C1C=CC(N)C2. The molecule has 0 saturated heterocycles. The Kier molecular flexibility index (Phi) is 1.96. The van der Waals surface area contributed by atoms with Crippen LogP contribution >= 0.6 is 0 Å². The maximum absolute atomic E-state index is 11.2. The number of nitrogens with two attached hydrogens (primary N) is 1. The second-order valence-corrected chi connectivity index (χ2v) is 3.64. The maximum Gasteiger partial charge on any atom is 0.223 e. The van der Waals surface area contributed by atoms with Crippen molar-refractivity contribution in [2.75, 3.05) is 6.54 Å². The van der Waals surface area contributed by atoms with Crippen molar-refractivity contribution in [3.63, 3.8) is 0 Å². The molecule has 1 amide bonds. The van der Waals surface area contributed by atoms with Gasteiger partial charge in [0.1, 0.15) is 0 Å². The van der Waals surface area contributed by atoms with E-state index in [1.54, 1.807) is 6.92 Å². The molecule has 1 aliphatic carbocycles. The zero-order valence-corrected chi connectivity index (χ0v) is 7.79. The van der Waals surface area contributed by atoms with Gasteiger partial charge < -0.3 is 10.6 Å². The van der Waals surface area contributed by atoms with E-state index < -0.39 is 0 Å². The number of carbonyl (C=O) groups is 1. The molecule has 0 radical (unpaired) electrons. The predicted octanol–water partition coefficient (Wildman–Crippen LogP) is 0.780. The number of hydrogen-bond acceptors (Lipinski definition) is 2. The van der Waals surface area contributed by atoms with Gasteiger partial charge in [-0.15, -0.1) is 0 Å². The molecule has 3 nitrogen and oxygen atoms in total. The highest BCUT2D eigenvalue weighted by Crippen LogP contribution is 2.30. The van der Waals surface area contributed by atoms with E-state index in [1.807, 2.05) is 17.1 Å². The smallest absolute Gasteiger partial charge is 0.223 e. The number of amides is 1. The molecule has 0 saturated carbocycles. The Bertz CT molecular complexity index is 304. The van der Waals surface area contributed by atoms with Crippen molar-refractivity contribution < 1.29 is 4.79 Å². The van der Waals surface area contributed by atoms with E-state index in [9.17, 15) is 4.79 Å². The number of rotatable bonds is 0. The van der Waals surface area contributed by atoms with E-state index in [2.05, 4.69) is 0 Å². The third kappa shape index (κ3) is 1.40. The molecule has 2 aliphatic rings. The van der Waals surface area contributed by atoms with Crippen LogP contribution in [-0.2, 0) is 4.79 Å². The molecular formula is C10H14N2O. The lowest BCUT2D eigenvalue weighted by molar-refractivity contribution is -0.126. The van der Waals surface area contributed by atoms with Gasteiger partial charge in [0, 0.05) is 25.2 Å². The zero-order valence-electron chi connectivity index (χ0n) is 7.79. The quantitative estimate of drug-likeness (QED) is 0.596. The second-order valence-electron chi connectivity index (χ2n) is 3.64. The standard InChI is InChI=1S/C10H14N2O/c1-7(13)12-5-4-8-6-9(11)2-3-10(8)12/h2-3,9H,4-6,11H2,1H3. The fourth-order valence-corrected chi connectivity index (χ4v) is 1.99. The zero-order chi connectivity index (χ0) is 9.42. The Morgan fingerprint density at radius 3 is 3.15 bits per heavy atom. The van der Waals surface area contributed by atoms with Gasteiger partial charge in [-0.2, -0.15) is 0 Å².